The molecular formula is C15H26N6O. The lowest BCUT2D eigenvalue weighted by molar-refractivity contribution is 0.0988. The average Bonchev–Trinajstić information content (AvgIpc) is 3.14. The van der Waals surface area contributed by atoms with Crippen molar-refractivity contribution in [1.29, 1.82) is 0 Å². The average molecular weight is 306 g/mol. The summed E-state index contributed by atoms with van der Waals surface area (Å²) in [5.41, 5.74) is 5.22. The first-order valence-electron chi connectivity index (χ1n) is 8.27. The Balaban J connectivity index is 1.53. The van der Waals surface area contributed by atoms with E-state index in [2.05, 4.69) is 26.9 Å². The number of amides is 1. The van der Waals surface area contributed by atoms with Crippen molar-refractivity contribution < 1.29 is 4.79 Å². The van der Waals surface area contributed by atoms with Gasteiger partial charge in [0.2, 0.25) is 5.82 Å². The molecule has 0 aromatic carbocycles. The largest absolute Gasteiger partial charge is 0.363 e. The summed E-state index contributed by atoms with van der Waals surface area (Å²) in [6, 6.07) is 1.05. The number of carbonyl (C=O) groups excluding carboxylic acids is 1. The highest BCUT2D eigenvalue weighted by Gasteiger charge is 2.25. The Labute approximate surface area is 131 Å². The molecule has 0 unspecified atom stereocenters. The van der Waals surface area contributed by atoms with Gasteiger partial charge in [-0.3, -0.25) is 4.79 Å². The number of carbonyl (C=O) groups is 1. The molecule has 1 aromatic rings. The third-order valence-electron chi connectivity index (χ3n) is 5.03. The molecule has 2 saturated heterocycles. The summed E-state index contributed by atoms with van der Waals surface area (Å²) in [4.78, 5) is 20.1. The molecule has 3 rings (SSSR count). The second-order valence-electron chi connectivity index (χ2n) is 6.57. The predicted molar refractivity (Wildman–Crippen MR) is 83.5 cm³/mol. The van der Waals surface area contributed by atoms with E-state index in [4.69, 9.17) is 5.73 Å². The molecule has 0 radical (unpaired) electrons. The summed E-state index contributed by atoms with van der Waals surface area (Å²) in [6.45, 7) is 4.52. The molecule has 2 fully saturated rings. The second-order valence-corrected chi connectivity index (χ2v) is 6.57. The quantitative estimate of drug-likeness (QED) is 0.857. The molecule has 0 bridgehead atoms. The standard InChI is InChI=1S/C15H26N6O/c1-19-7-2-4-12(19)6-9-20-8-3-5-13(10-20)21-11-17-15(18-21)14(16)22/h11-13H,2-10H2,1H3,(H2,16,22)/t12-,13+/m0/s1. The third-order valence-corrected chi connectivity index (χ3v) is 5.03. The molecule has 0 aliphatic carbocycles. The van der Waals surface area contributed by atoms with Gasteiger partial charge in [0.15, 0.2) is 0 Å². The van der Waals surface area contributed by atoms with Crippen LogP contribution in [0.2, 0.25) is 0 Å². The highest BCUT2D eigenvalue weighted by atomic mass is 16.1. The molecule has 22 heavy (non-hydrogen) atoms. The summed E-state index contributed by atoms with van der Waals surface area (Å²) < 4.78 is 1.81. The van der Waals surface area contributed by atoms with E-state index in [1.807, 2.05) is 4.68 Å². The van der Waals surface area contributed by atoms with Crippen LogP contribution in [0.25, 0.3) is 0 Å². The van der Waals surface area contributed by atoms with Gasteiger partial charge in [0.25, 0.3) is 5.91 Å². The van der Waals surface area contributed by atoms with Crippen LogP contribution in [0.3, 0.4) is 0 Å². The van der Waals surface area contributed by atoms with Gasteiger partial charge < -0.3 is 15.5 Å². The van der Waals surface area contributed by atoms with Gasteiger partial charge in [-0.05, 0) is 58.8 Å². The summed E-state index contributed by atoms with van der Waals surface area (Å²) in [6.07, 6.45) is 7.79. The Morgan fingerprint density at radius 2 is 2.18 bits per heavy atom. The Kier molecular flexibility index (Phi) is 4.73. The molecule has 3 heterocycles. The van der Waals surface area contributed by atoms with Crippen LogP contribution in [-0.2, 0) is 0 Å². The van der Waals surface area contributed by atoms with E-state index < -0.39 is 5.91 Å². The van der Waals surface area contributed by atoms with E-state index in [1.54, 1.807) is 6.33 Å². The van der Waals surface area contributed by atoms with Gasteiger partial charge >= 0.3 is 0 Å². The van der Waals surface area contributed by atoms with Crippen LogP contribution in [0.15, 0.2) is 6.33 Å². The van der Waals surface area contributed by atoms with E-state index in [0.29, 0.717) is 6.04 Å². The number of rotatable bonds is 5. The second kappa shape index (κ2) is 6.75. The van der Waals surface area contributed by atoms with Gasteiger partial charge in [0, 0.05) is 12.6 Å². The maximum absolute atomic E-state index is 11.1. The van der Waals surface area contributed by atoms with E-state index in [1.165, 1.54) is 25.8 Å². The molecule has 1 amide bonds. The Bertz CT molecular complexity index is 516. The van der Waals surface area contributed by atoms with E-state index in [9.17, 15) is 4.79 Å². The zero-order valence-electron chi connectivity index (χ0n) is 13.3. The molecule has 2 aliphatic heterocycles. The van der Waals surface area contributed by atoms with Crippen LogP contribution in [0.4, 0.5) is 0 Å². The first-order valence-corrected chi connectivity index (χ1v) is 8.27. The smallest absolute Gasteiger partial charge is 0.288 e. The van der Waals surface area contributed by atoms with Gasteiger partial charge in [-0.1, -0.05) is 0 Å². The van der Waals surface area contributed by atoms with Crippen LogP contribution in [0.1, 0.15) is 48.8 Å². The third kappa shape index (κ3) is 3.47. The molecule has 7 heteroatoms. The number of nitrogens with two attached hydrogens (primary N) is 1. The SMILES string of the molecule is CN1CCC[C@H]1CCN1CCC[C@@H](n2cnc(C(N)=O)n2)C1. The minimum Gasteiger partial charge on any atom is -0.363 e. The maximum atomic E-state index is 11.1. The molecule has 2 N–H and O–H groups in total. The summed E-state index contributed by atoms with van der Waals surface area (Å²) >= 11 is 0. The monoisotopic (exact) mass is 306 g/mol. The van der Waals surface area contributed by atoms with Crippen molar-refractivity contribution in [3.05, 3.63) is 12.2 Å². The van der Waals surface area contributed by atoms with Crippen molar-refractivity contribution in [2.24, 2.45) is 5.73 Å². The van der Waals surface area contributed by atoms with E-state index in [-0.39, 0.29) is 5.82 Å². The zero-order valence-corrected chi connectivity index (χ0v) is 13.3. The number of hydrogen-bond acceptors (Lipinski definition) is 5. The lowest BCUT2D eigenvalue weighted by atomic mass is 10.0. The van der Waals surface area contributed by atoms with Crippen molar-refractivity contribution in [2.75, 3.05) is 33.2 Å². The number of primary amides is 1. The van der Waals surface area contributed by atoms with E-state index in [0.717, 1.165) is 38.5 Å². The molecule has 122 valence electrons. The van der Waals surface area contributed by atoms with E-state index >= 15 is 0 Å². The molecule has 2 aliphatic rings. The van der Waals surface area contributed by atoms with Gasteiger partial charge in [0.05, 0.1) is 6.04 Å². The Hall–Kier alpha value is -1.47. The summed E-state index contributed by atoms with van der Waals surface area (Å²) in [7, 11) is 2.23. The Morgan fingerprint density at radius 1 is 1.36 bits per heavy atom. The molecular weight excluding hydrogens is 280 g/mol. The minimum atomic E-state index is -0.560. The van der Waals surface area contributed by atoms with Crippen molar-refractivity contribution in [3.8, 4) is 0 Å². The van der Waals surface area contributed by atoms with Crippen molar-refractivity contribution in [2.45, 2.75) is 44.2 Å². The summed E-state index contributed by atoms with van der Waals surface area (Å²) in [5.74, 6) is -0.444. The normalized spacial score (nSPS) is 27.3. The molecule has 7 nitrogen and oxygen atoms in total. The minimum absolute atomic E-state index is 0.115. The number of nitrogens with zero attached hydrogens (tertiary/aromatic N) is 5. The molecule has 0 saturated carbocycles. The lowest BCUT2D eigenvalue weighted by Crippen LogP contribution is -2.39. The van der Waals surface area contributed by atoms with Gasteiger partial charge in [0.1, 0.15) is 6.33 Å². The number of hydrogen-bond donors (Lipinski definition) is 1. The lowest BCUT2D eigenvalue weighted by Gasteiger charge is -2.33. The highest BCUT2D eigenvalue weighted by molar-refractivity contribution is 5.88. The summed E-state index contributed by atoms with van der Waals surface area (Å²) in [5, 5.41) is 4.21. The Morgan fingerprint density at radius 3 is 2.86 bits per heavy atom. The van der Waals surface area contributed by atoms with Crippen LogP contribution < -0.4 is 5.73 Å². The van der Waals surface area contributed by atoms with Gasteiger partial charge in [-0.25, -0.2) is 9.67 Å². The fourth-order valence-corrected chi connectivity index (χ4v) is 3.69. The van der Waals surface area contributed by atoms with Crippen molar-refractivity contribution in [3.63, 3.8) is 0 Å². The molecule has 1 aromatic heterocycles. The topological polar surface area (TPSA) is 80.3 Å². The number of piperidine rings is 1. The van der Waals surface area contributed by atoms with Gasteiger partial charge in [-0.2, -0.15) is 0 Å². The van der Waals surface area contributed by atoms with Crippen LogP contribution in [-0.4, -0.2) is 69.7 Å². The molecule has 2 atom stereocenters. The van der Waals surface area contributed by atoms with Crippen LogP contribution in [0.5, 0.6) is 0 Å². The van der Waals surface area contributed by atoms with Crippen molar-refractivity contribution in [1.82, 2.24) is 24.6 Å². The fraction of sp³-hybridized carbons (Fsp3) is 0.800. The maximum Gasteiger partial charge on any atom is 0.288 e. The number of likely N-dealkylation sites (tertiary alicyclic amines) is 2. The number of aromatic nitrogens is 3. The first-order chi connectivity index (χ1) is 10.6. The van der Waals surface area contributed by atoms with Gasteiger partial charge in [-0.15, -0.1) is 5.10 Å². The molecule has 0 spiro atoms. The highest BCUT2D eigenvalue weighted by Crippen LogP contribution is 2.23. The zero-order chi connectivity index (χ0) is 15.5. The first kappa shape index (κ1) is 15.4. The van der Waals surface area contributed by atoms with Crippen LogP contribution >= 0.6 is 0 Å². The predicted octanol–water partition coefficient (Wildman–Crippen LogP) is 0.498. The fourth-order valence-electron chi connectivity index (χ4n) is 3.69. The van der Waals surface area contributed by atoms with Crippen LogP contribution in [0, 0.1) is 0 Å². The van der Waals surface area contributed by atoms with Crippen molar-refractivity contribution >= 4 is 5.91 Å².